The number of benzene rings is 2. The molecule has 0 bridgehead atoms. The van der Waals surface area contributed by atoms with Crippen LogP contribution in [-0.4, -0.2) is 33.4 Å². The molecule has 7 nitrogen and oxygen atoms in total. The molecule has 2 aliphatic rings. The average Bonchev–Trinajstić information content (AvgIpc) is 3.26. The highest BCUT2D eigenvalue weighted by atomic mass is 32.2. The number of nitrogens with zero attached hydrogens (tertiary/aromatic N) is 1. The van der Waals surface area contributed by atoms with Gasteiger partial charge < -0.3 is 14.8 Å². The zero-order valence-corrected chi connectivity index (χ0v) is 16.6. The lowest BCUT2D eigenvalue weighted by molar-refractivity contribution is 0.0912. The van der Waals surface area contributed by atoms with Crippen LogP contribution in [0.15, 0.2) is 42.5 Å². The summed E-state index contributed by atoms with van der Waals surface area (Å²) < 4.78 is 36.2. The summed E-state index contributed by atoms with van der Waals surface area (Å²) in [6.07, 6.45) is 0.619. The normalized spacial score (nSPS) is 17.6. The molecular weight excluding hydrogens is 380 g/mol. The van der Waals surface area contributed by atoms with Crippen molar-refractivity contribution in [3.8, 4) is 11.5 Å². The van der Waals surface area contributed by atoms with Crippen LogP contribution in [0.2, 0.25) is 0 Å². The van der Waals surface area contributed by atoms with Crippen LogP contribution in [0.4, 0.5) is 5.69 Å². The molecule has 1 N–H and O–H groups in total. The van der Waals surface area contributed by atoms with E-state index < -0.39 is 15.6 Å². The molecule has 0 atom stereocenters. The molecule has 28 heavy (non-hydrogen) atoms. The van der Waals surface area contributed by atoms with Crippen molar-refractivity contribution in [2.24, 2.45) is 0 Å². The van der Waals surface area contributed by atoms with Crippen molar-refractivity contribution in [3.63, 3.8) is 0 Å². The molecule has 1 fully saturated rings. The Kier molecular flexibility index (Phi) is 4.45. The first-order chi connectivity index (χ1) is 13.3. The Balaban J connectivity index is 1.50. The molecule has 0 unspecified atom stereocenters. The third-order valence-electron chi connectivity index (χ3n) is 5.04. The van der Waals surface area contributed by atoms with E-state index in [0.717, 1.165) is 5.56 Å². The lowest BCUT2D eigenvalue weighted by Crippen LogP contribution is -2.41. The van der Waals surface area contributed by atoms with E-state index in [-0.39, 0.29) is 18.5 Å². The summed E-state index contributed by atoms with van der Waals surface area (Å²) in [4.78, 5) is 12.7. The van der Waals surface area contributed by atoms with Crippen molar-refractivity contribution in [3.05, 3.63) is 53.6 Å². The summed E-state index contributed by atoms with van der Waals surface area (Å²) in [5, 5.41) is 3.02. The number of hydrogen-bond acceptors (Lipinski definition) is 5. The number of anilines is 1. The van der Waals surface area contributed by atoms with Crippen molar-refractivity contribution in [2.45, 2.75) is 25.8 Å². The van der Waals surface area contributed by atoms with E-state index >= 15 is 0 Å². The highest BCUT2D eigenvalue weighted by Crippen LogP contribution is 2.35. The van der Waals surface area contributed by atoms with Crippen molar-refractivity contribution < 1.29 is 22.7 Å². The number of carbonyl (C=O) groups is 1. The van der Waals surface area contributed by atoms with E-state index in [4.69, 9.17) is 9.47 Å². The maximum absolute atomic E-state index is 12.7. The van der Waals surface area contributed by atoms with Gasteiger partial charge in [-0.05, 0) is 62.2 Å². The standard InChI is InChI=1S/C20H22N2O5S/c1-20(2,15-6-9-17-18(12-15)27-13-26-17)21-19(23)14-4-7-16(8-5-14)22-10-3-11-28(22,24)25/h4-9,12H,3,10-11,13H2,1-2H3,(H,21,23). The van der Waals surface area contributed by atoms with Crippen LogP contribution in [0.1, 0.15) is 36.2 Å². The first-order valence-electron chi connectivity index (χ1n) is 9.09. The van der Waals surface area contributed by atoms with Crippen LogP contribution in [0.25, 0.3) is 0 Å². The van der Waals surface area contributed by atoms with Gasteiger partial charge in [0.15, 0.2) is 11.5 Å². The van der Waals surface area contributed by atoms with Gasteiger partial charge in [0, 0.05) is 12.1 Å². The second-order valence-electron chi connectivity index (χ2n) is 7.44. The molecule has 0 aromatic heterocycles. The molecule has 0 spiro atoms. The Bertz CT molecular complexity index is 1020. The molecule has 0 aliphatic carbocycles. The van der Waals surface area contributed by atoms with Gasteiger partial charge in [0.05, 0.1) is 17.0 Å². The zero-order chi connectivity index (χ0) is 19.9. The molecule has 1 amide bonds. The Hall–Kier alpha value is -2.74. The molecule has 148 valence electrons. The molecule has 2 aromatic carbocycles. The fraction of sp³-hybridized carbons (Fsp3) is 0.350. The third kappa shape index (κ3) is 3.40. The number of nitrogens with one attached hydrogen (secondary N) is 1. The smallest absolute Gasteiger partial charge is 0.251 e. The van der Waals surface area contributed by atoms with Gasteiger partial charge in [-0.3, -0.25) is 9.10 Å². The van der Waals surface area contributed by atoms with Crippen molar-refractivity contribution in [1.82, 2.24) is 5.32 Å². The van der Waals surface area contributed by atoms with E-state index in [1.807, 2.05) is 32.0 Å². The minimum atomic E-state index is -3.23. The summed E-state index contributed by atoms with van der Waals surface area (Å²) in [7, 11) is -3.23. The molecule has 2 heterocycles. The minimum absolute atomic E-state index is 0.166. The first-order valence-corrected chi connectivity index (χ1v) is 10.7. The Morgan fingerprint density at radius 3 is 2.46 bits per heavy atom. The first kappa shape index (κ1) is 18.6. The number of fused-ring (bicyclic) bond motifs is 1. The number of amides is 1. The number of ether oxygens (including phenoxy) is 2. The van der Waals surface area contributed by atoms with E-state index in [0.29, 0.717) is 35.7 Å². The molecule has 0 radical (unpaired) electrons. The van der Waals surface area contributed by atoms with Crippen LogP contribution in [-0.2, 0) is 15.6 Å². The average molecular weight is 402 g/mol. The van der Waals surface area contributed by atoms with Crippen molar-refractivity contribution in [1.29, 1.82) is 0 Å². The lowest BCUT2D eigenvalue weighted by atomic mass is 9.93. The maximum Gasteiger partial charge on any atom is 0.251 e. The summed E-state index contributed by atoms with van der Waals surface area (Å²) in [5.74, 6) is 1.28. The Labute approximate surface area is 164 Å². The molecular formula is C20H22N2O5S. The van der Waals surface area contributed by atoms with Crippen LogP contribution in [0, 0.1) is 0 Å². The predicted molar refractivity (Wildman–Crippen MR) is 105 cm³/mol. The second kappa shape index (κ2) is 6.70. The Morgan fingerprint density at radius 1 is 1.07 bits per heavy atom. The van der Waals surface area contributed by atoms with Gasteiger partial charge in [-0.15, -0.1) is 0 Å². The molecule has 1 saturated heterocycles. The van der Waals surface area contributed by atoms with Gasteiger partial charge in [-0.1, -0.05) is 6.07 Å². The van der Waals surface area contributed by atoms with Crippen LogP contribution >= 0.6 is 0 Å². The molecule has 2 aliphatic heterocycles. The fourth-order valence-electron chi connectivity index (χ4n) is 3.42. The van der Waals surface area contributed by atoms with Crippen LogP contribution in [0.5, 0.6) is 11.5 Å². The fourth-order valence-corrected chi connectivity index (χ4v) is 4.99. The second-order valence-corrected chi connectivity index (χ2v) is 9.45. The highest BCUT2D eigenvalue weighted by molar-refractivity contribution is 7.93. The quantitative estimate of drug-likeness (QED) is 0.850. The van der Waals surface area contributed by atoms with Crippen LogP contribution < -0.4 is 19.1 Å². The third-order valence-corrected chi connectivity index (χ3v) is 6.91. The van der Waals surface area contributed by atoms with Gasteiger partial charge in [0.25, 0.3) is 5.91 Å². The lowest BCUT2D eigenvalue weighted by Gasteiger charge is -2.27. The number of rotatable bonds is 4. The van der Waals surface area contributed by atoms with Gasteiger partial charge in [-0.25, -0.2) is 8.42 Å². The number of carbonyl (C=O) groups excluding carboxylic acids is 1. The van der Waals surface area contributed by atoms with Crippen molar-refractivity contribution in [2.75, 3.05) is 23.4 Å². The van der Waals surface area contributed by atoms with E-state index in [1.54, 1.807) is 24.3 Å². The number of sulfonamides is 1. The zero-order valence-electron chi connectivity index (χ0n) is 15.8. The monoisotopic (exact) mass is 402 g/mol. The maximum atomic E-state index is 12.7. The summed E-state index contributed by atoms with van der Waals surface area (Å²) in [6, 6.07) is 12.2. The largest absolute Gasteiger partial charge is 0.454 e. The van der Waals surface area contributed by atoms with Gasteiger partial charge in [0.1, 0.15) is 0 Å². The van der Waals surface area contributed by atoms with Crippen molar-refractivity contribution >= 4 is 21.6 Å². The van der Waals surface area contributed by atoms with Crippen LogP contribution in [0.3, 0.4) is 0 Å². The molecule has 2 aromatic rings. The van der Waals surface area contributed by atoms with E-state index in [1.165, 1.54) is 4.31 Å². The summed E-state index contributed by atoms with van der Waals surface area (Å²) in [5.41, 5.74) is 1.32. The Morgan fingerprint density at radius 2 is 1.79 bits per heavy atom. The SMILES string of the molecule is CC(C)(NC(=O)c1ccc(N2CCCS2(=O)=O)cc1)c1ccc2c(c1)OCO2. The minimum Gasteiger partial charge on any atom is -0.454 e. The summed E-state index contributed by atoms with van der Waals surface area (Å²) >= 11 is 0. The molecule has 8 heteroatoms. The van der Waals surface area contributed by atoms with E-state index in [9.17, 15) is 13.2 Å². The molecule has 4 rings (SSSR count). The molecule has 0 saturated carbocycles. The van der Waals surface area contributed by atoms with E-state index in [2.05, 4.69) is 5.32 Å². The number of hydrogen-bond donors (Lipinski definition) is 1. The summed E-state index contributed by atoms with van der Waals surface area (Å²) in [6.45, 7) is 4.50. The van der Waals surface area contributed by atoms with Gasteiger partial charge in [0.2, 0.25) is 16.8 Å². The van der Waals surface area contributed by atoms with Gasteiger partial charge in [-0.2, -0.15) is 0 Å². The van der Waals surface area contributed by atoms with Gasteiger partial charge >= 0.3 is 0 Å². The topological polar surface area (TPSA) is 84.9 Å². The predicted octanol–water partition coefficient (Wildman–Crippen LogP) is 2.62. The highest BCUT2D eigenvalue weighted by Gasteiger charge is 2.29.